The number of methoxy groups -OCH3 is 1. The number of H-pyrrole nitrogens is 1. The Bertz CT molecular complexity index is 450. The van der Waals surface area contributed by atoms with Crippen LogP contribution in [0.25, 0.3) is 0 Å². The van der Waals surface area contributed by atoms with Crippen LogP contribution in [0.1, 0.15) is 34.7 Å². The van der Waals surface area contributed by atoms with Gasteiger partial charge in [0, 0.05) is 11.8 Å². The Labute approximate surface area is 98.3 Å². The maximum absolute atomic E-state index is 11.6. The van der Waals surface area contributed by atoms with E-state index in [0.29, 0.717) is 5.56 Å². The fraction of sp³-hybridized carbons (Fsp3) is 0.364. The molecule has 1 rings (SSSR count). The highest BCUT2D eigenvalue weighted by molar-refractivity contribution is 6.00. The van der Waals surface area contributed by atoms with Gasteiger partial charge in [-0.1, -0.05) is 0 Å². The molecule has 0 saturated heterocycles. The van der Waals surface area contributed by atoms with E-state index in [0.717, 1.165) is 0 Å². The molecule has 1 aromatic rings. The number of ketones is 1. The Kier molecular flexibility index (Phi) is 4.03. The van der Waals surface area contributed by atoms with Gasteiger partial charge >= 0.3 is 5.97 Å². The van der Waals surface area contributed by atoms with Crippen LogP contribution in [-0.4, -0.2) is 35.8 Å². The predicted molar refractivity (Wildman–Crippen MR) is 59.7 cm³/mol. The lowest BCUT2D eigenvalue weighted by Crippen LogP contribution is -2.39. The number of rotatable bonds is 4. The number of amides is 1. The summed E-state index contributed by atoms with van der Waals surface area (Å²) in [6.07, 6.45) is 1.44. The van der Waals surface area contributed by atoms with Crippen molar-refractivity contribution in [2.24, 2.45) is 0 Å². The van der Waals surface area contributed by atoms with Crippen molar-refractivity contribution >= 4 is 17.7 Å². The fourth-order valence-electron chi connectivity index (χ4n) is 1.24. The van der Waals surface area contributed by atoms with Gasteiger partial charge in [0.1, 0.15) is 11.7 Å². The van der Waals surface area contributed by atoms with E-state index in [1.54, 1.807) is 0 Å². The van der Waals surface area contributed by atoms with Crippen LogP contribution < -0.4 is 5.32 Å². The fourth-order valence-corrected chi connectivity index (χ4v) is 1.24. The smallest absolute Gasteiger partial charge is 0.328 e. The van der Waals surface area contributed by atoms with Crippen molar-refractivity contribution < 1.29 is 19.1 Å². The van der Waals surface area contributed by atoms with Crippen molar-refractivity contribution in [2.75, 3.05) is 7.11 Å². The lowest BCUT2D eigenvalue weighted by Gasteiger charge is -2.10. The number of carbonyl (C=O) groups excluding carboxylic acids is 3. The molecule has 1 heterocycles. The third kappa shape index (κ3) is 3.17. The van der Waals surface area contributed by atoms with Crippen LogP contribution in [-0.2, 0) is 9.53 Å². The van der Waals surface area contributed by atoms with Crippen LogP contribution in [0.3, 0.4) is 0 Å². The Morgan fingerprint density at radius 3 is 2.53 bits per heavy atom. The lowest BCUT2D eigenvalue weighted by molar-refractivity contribution is -0.142. The minimum absolute atomic E-state index is 0.138. The van der Waals surface area contributed by atoms with E-state index in [9.17, 15) is 14.4 Å². The molecule has 0 radical (unpaired) electrons. The first-order valence-corrected chi connectivity index (χ1v) is 5.03. The molecule has 17 heavy (non-hydrogen) atoms. The molecule has 1 unspecified atom stereocenters. The molecule has 6 heteroatoms. The molecule has 0 aromatic carbocycles. The van der Waals surface area contributed by atoms with Gasteiger partial charge in [0.05, 0.1) is 7.11 Å². The standard InChI is InChI=1S/C11H14N2O4/c1-6(11(16)17-3)13-10(15)9-4-8(5-12-9)7(2)14/h4-6,12H,1-3H3,(H,13,15). The molecule has 0 saturated carbocycles. The zero-order valence-corrected chi connectivity index (χ0v) is 9.87. The second-order valence-corrected chi connectivity index (χ2v) is 3.58. The van der Waals surface area contributed by atoms with E-state index in [-0.39, 0.29) is 11.5 Å². The van der Waals surface area contributed by atoms with Crippen molar-refractivity contribution in [2.45, 2.75) is 19.9 Å². The number of hydrogen-bond donors (Lipinski definition) is 2. The quantitative estimate of drug-likeness (QED) is 0.591. The highest BCUT2D eigenvalue weighted by Crippen LogP contribution is 2.04. The summed E-state index contributed by atoms with van der Waals surface area (Å²) < 4.78 is 4.47. The van der Waals surface area contributed by atoms with Gasteiger partial charge in [0.15, 0.2) is 5.78 Å². The monoisotopic (exact) mass is 238 g/mol. The van der Waals surface area contributed by atoms with E-state index in [2.05, 4.69) is 15.0 Å². The summed E-state index contributed by atoms with van der Waals surface area (Å²) in [5.41, 5.74) is 0.645. The van der Waals surface area contributed by atoms with E-state index >= 15 is 0 Å². The second-order valence-electron chi connectivity index (χ2n) is 3.58. The van der Waals surface area contributed by atoms with Crippen molar-refractivity contribution in [3.8, 4) is 0 Å². The molecule has 0 aliphatic heterocycles. The highest BCUT2D eigenvalue weighted by atomic mass is 16.5. The Morgan fingerprint density at radius 1 is 1.41 bits per heavy atom. The first-order valence-electron chi connectivity index (χ1n) is 5.03. The van der Waals surface area contributed by atoms with Gasteiger partial charge in [-0.3, -0.25) is 9.59 Å². The Balaban J connectivity index is 2.70. The molecule has 92 valence electrons. The molecule has 1 aromatic heterocycles. The summed E-state index contributed by atoms with van der Waals surface area (Å²) >= 11 is 0. The highest BCUT2D eigenvalue weighted by Gasteiger charge is 2.18. The normalized spacial score (nSPS) is 11.7. The summed E-state index contributed by atoms with van der Waals surface area (Å²) in [7, 11) is 1.24. The van der Waals surface area contributed by atoms with Gasteiger partial charge in [-0.2, -0.15) is 0 Å². The van der Waals surface area contributed by atoms with Gasteiger partial charge in [0.2, 0.25) is 0 Å². The maximum atomic E-state index is 11.6. The molecular weight excluding hydrogens is 224 g/mol. The van der Waals surface area contributed by atoms with Gasteiger partial charge in [-0.15, -0.1) is 0 Å². The Hall–Kier alpha value is -2.11. The van der Waals surface area contributed by atoms with Crippen LogP contribution >= 0.6 is 0 Å². The summed E-state index contributed by atoms with van der Waals surface area (Å²) in [5.74, 6) is -1.13. The van der Waals surface area contributed by atoms with Gasteiger partial charge < -0.3 is 15.0 Å². The van der Waals surface area contributed by atoms with Gasteiger partial charge in [-0.05, 0) is 19.9 Å². The number of esters is 1. The molecule has 0 spiro atoms. The van der Waals surface area contributed by atoms with E-state index in [1.165, 1.54) is 33.2 Å². The molecule has 1 atom stereocenters. The van der Waals surface area contributed by atoms with Crippen molar-refractivity contribution in [1.82, 2.24) is 10.3 Å². The molecule has 2 N–H and O–H groups in total. The van der Waals surface area contributed by atoms with Crippen molar-refractivity contribution in [3.05, 3.63) is 23.5 Å². The van der Waals surface area contributed by atoms with E-state index < -0.39 is 17.9 Å². The van der Waals surface area contributed by atoms with Gasteiger partial charge in [-0.25, -0.2) is 4.79 Å². The Morgan fingerprint density at radius 2 is 2.06 bits per heavy atom. The average Bonchev–Trinajstić information content (AvgIpc) is 2.77. The molecular formula is C11H14N2O4. The maximum Gasteiger partial charge on any atom is 0.328 e. The summed E-state index contributed by atoms with van der Waals surface area (Å²) in [6, 6.07) is 0.693. The summed E-state index contributed by atoms with van der Waals surface area (Å²) in [5, 5.41) is 2.44. The zero-order valence-electron chi connectivity index (χ0n) is 9.87. The number of Topliss-reactive ketones (excluding diaryl/α,β-unsaturated/α-hetero) is 1. The second kappa shape index (κ2) is 5.29. The minimum atomic E-state index is -0.739. The zero-order chi connectivity index (χ0) is 13.0. The average molecular weight is 238 g/mol. The predicted octanol–water partition coefficient (Wildman–Crippen LogP) is 0.509. The minimum Gasteiger partial charge on any atom is -0.467 e. The molecule has 0 fully saturated rings. The number of carbonyl (C=O) groups is 3. The van der Waals surface area contributed by atoms with Crippen LogP contribution in [0.15, 0.2) is 12.3 Å². The van der Waals surface area contributed by atoms with Crippen LogP contribution in [0.4, 0.5) is 0 Å². The lowest BCUT2D eigenvalue weighted by atomic mass is 10.2. The first-order chi connectivity index (χ1) is 7.95. The number of nitrogens with one attached hydrogen (secondary N) is 2. The summed E-state index contributed by atoms with van der Waals surface area (Å²) in [6.45, 7) is 2.92. The summed E-state index contributed by atoms with van der Waals surface area (Å²) in [4.78, 5) is 36.4. The molecule has 0 bridgehead atoms. The molecule has 0 aliphatic carbocycles. The molecule has 1 amide bonds. The SMILES string of the molecule is COC(=O)C(C)NC(=O)c1cc(C(C)=O)c[nH]1. The third-order valence-corrected chi connectivity index (χ3v) is 2.24. The van der Waals surface area contributed by atoms with Gasteiger partial charge in [0.25, 0.3) is 5.91 Å². The van der Waals surface area contributed by atoms with Crippen LogP contribution in [0, 0.1) is 0 Å². The largest absolute Gasteiger partial charge is 0.467 e. The number of ether oxygens (including phenoxy) is 1. The number of aromatic nitrogens is 1. The van der Waals surface area contributed by atoms with E-state index in [1.807, 2.05) is 0 Å². The van der Waals surface area contributed by atoms with Crippen molar-refractivity contribution in [1.29, 1.82) is 0 Å². The van der Waals surface area contributed by atoms with Crippen LogP contribution in [0.2, 0.25) is 0 Å². The third-order valence-electron chi connectivity index (χ3n) is 2.24. The number of hydrogen-bond acceptors (Lipinski definition) is 4. The van der Waals surface area contributed by atoms with Crippen LogP contribution in [0.5, 0.6) is 0 Å². The topological polar surface area (TPSA) is 88.3 Å². The molecule has 0 aliphatic rings. The van der Waals surface area contributed by atoms with Crippen molar-refractivity contribution in [3.63, 3.8) is 0 Å². The molecule has 6 nitrogen and oxygen atoms in total. The first kappa shape index (κ1) is 13.0. The number of aromatic amines is 1. The van der Waals surface area contributed by atoms with E-state index in [4.69, 9.17) is 0 Å².